The predicted molar refractivity (Wildman–Crippen MR) is 60.5 cm³/mol. The van der Waals surface area contributed by atoms with Crippen molar-refractivity contribution in [2.24, 2.45) is 0 Å². The van der Waals surface area contributed by atoms with Crippen LogP contribution in [0.25, 0.3) is 10.8 Å². The fourth-order valence-electron chi connectivity index (χ4n) is 1.83. The van der Waals surface area contributed by atoms with E-state index in [4.69, 9.17) is 0 Å². The maximum Gasteiger partial charge on any atom is 0.460 e. The number of hydrogen-bond acceptors (Lipinski definition) is 1. The number of rotatable bonds is 2. The Balaban J connectivity index is 2.65. The predicted octanol–water partition coefficient (Wildman–Crippen LogP) is 4.83. The third kappa shape index (κ3) is 2.28. The molecule has 0 spiro atoms. The fourth-order valence-corrected chi connectivity index (χ4v) is 1.83. The second-order valence-corrected chi connectivity index (χ2v) is 4.36. The molecule has 0 amide bonds. The van der Waals surface area contributed by atoms with E-state index in [9.17, 15) is 35.8 Å². The van der Waals surface area contributed by atoms with Crippen molar-refractivity contribution < 1.29 is 35.8 Å². The molecular formula is C13H7F7O. The van der Waals surface area contributed by atoms with E-state index >= 15 is 0 Å². The number of phenols is 1. The molecule has 0 aliphatic rings. The first-order valence-corrected chi connectivity index (χ1v) is 5.53. The van der Waals surface area contributed by atoms with Gasteiger partial charge in [0, 0.05) is 10.9 Å². The number of hydrogen-bond donors (Lipinski definition) is 1. The van der Waals surface area contributed by atoms with Crippen LogP contribution >= 0.6 is 0 Å². The minimum atomic E-state index is -6.42. The summed E-state index contributed by atoms with van der Waals surface area (Å²) in [6.45, 7) is 0. The van der Waals surface area contributed by atoms with Crippen LogP contribution in [0.5, 0.6) is 5.75 Å². The van der Waals surface area contributed by atoms with E-state index in [1.807, 2.05) is 0 Å². The summed E-state index contributed by atoms with van der Waals surface area (Å²) in [6.07, 6.45) is -6.42. The van der Waals surface area contributed by atoms with Crippen molar-refractivity contribution in [1.29, 1.82) is 0 Å². The largest absolute Gasteiger partial charge is 0.507 e. The van der Waals surface area contributed by atoms with Crippen LogP contribution in [0.3, 0.4) is 0 Å². The van der Waals surface area contributed by atoms with Crippen molar-refractivity contribution in [3.05, 3.63) is 42.0 Å². The van der Waals surface area contributed by atoms with E-state index in [1.165, 1.54) is 24.3 Å². The van der Waals surface area contributed by atoms with E-state index in [-0.39, 0.29) is 16.8 Å². The highest BCUT2D eigenvalue weighted by Crippen LogP contribution is 2.52. The summed E-state index contributed by atoms with van der Waals surface area (Å²) < 4.78 is 89.5. The Kier molecular flexibility index (Phi) is 3.30. The zero-order valence-corrected chi connectivity index (χ0v) is 10.1. The molecule has 1 nitrogen and oxygen atoms in total. The molecule has 21 heavy (non-hydrogen) atoms. The summed E-state index contributed by atoms with van der Waals surface area (Å²) in [5.41, 5.74) is -1.61. The number of aromatic hydroxyl groups is 1. The molecule has 0 saturated carbocycles. The summed E-state index contributed by atoms with van der Waals surface area (Å²) >= 11 is 0. The van der Waals surface area contributed by atoms with Crippen molar-refractivity contribution in [3.63, 3.8) is 0 Å². The molecule has 0 radical (unpaired) electrons. The first-order valence-electron chi connectivity index (χ1n) is 5.53. The second kappa shape index (κ2) is 4.51. The Labute approximate surface area is 113 Å². The smallest absolute Gasteiger partial charge is 0.460 e. The lowest BCUT2D eigenvalue weighted by molar-refractivity contribution is -0.359. The van der Waals surface area contributed by atoms with Crippen molar-refractivity contribution >= 4 is 10.8 Å². The standard InChI is InChI=1S/C13H7F7O/c14-11(15,12(16,17)13(18,19)20)8-5-7-3-1-2-4-9(7)10(21)6-8/h1-6,21H. The van der Waals surface area contributed by atoms with Gasteiger partial charge in [0.15, 0.2) is 0 Å². The molecule has 0 aromatic heterocycles. The van der Waals surface area contributed by atoms with Gasteiger partial charge in [-0.05, 0) is 17.5 Å². The Bertz CT molecular complexity index is 676. The first-order chi connectivity index (χ1) is 9.48. The molecule has 2 rings (SSSR count). The third-order valence-corrected chi connectivity index (χ3v) is 2.95. The average molecular weight is 312 g/mol. The van der Waals surface area contributed by atoms with Crippen molar-refractivity contribution in [2.45, 2.75) is 18.0 Å². The highest BCUT2D eigenvalue weighted by Gasteiger charge is 2.73. The topological polar surface area (TPSA) is 20.2 Å². The molecule has 0 atom stereocenters. The number of halogens is 7. The molecule has 0 aliphatic heterocycles. The van der Waals surface area contributed by atoms with Gasteiger partial charge in [0.2, 0.25) is 0 Å². The molecule has 0 aliphatic carbocycles. The van der Waals surface area contributed by atoms with Gasteiger partial charge in [0.1, 0.15) is 5.75 Å². The molecule has 0 heterocycles. The van der Waals surface area contributed by atoms with Crippen LogP contribution in [0.15, 0.2) is 36.4 Å². The molecular weight excluding hydrogens is 305 g/mol. The van der Waals surface area contributed by atoms with E-state index < -0.39 is 29.3 Å². The summed E-state index contributed by atoms with van der Waals surface area (Å²) in [5.74, 6) is -12.6. The van der Waals surface area contributed by atoms with Gasteiger partial charge in [0.05, 0.1) is 0 Å². The molecule has 114 valence electrons. The molecule has 2 aromatic rings. The van der Waals surface area contributed by atoms with E-state index in [0.29, 0.717) is 6.07 Å². The molecule has 0 bridgehead atoms. The molecule has 0 saturated heterocycles. The minimum absolute atomic E-state index is 0.0624. The zero-order valence-electron chi connectivity index (χ0n) is 10.1. The number of phenolic OH excluding ortho intramolecular Hbond substituents is 1. The monoisotopic (exact) mass is 312 g/mol. The minimum Gasteiger partial charge on any atom is -0.507 e. The highest BCUT2D eigenvalue weighted by molar-refractivity contribution is 5.88. The lowest BCUT2D eigenvalue weighted by atomic mass is 9.97. The number of benzene rings is 2. The van der Waals surface area contributed by atoms with E-state index in [1.54, 1.807) is 0 Å². The average Bonchev–Trinajstić information content (AvgIpc) is 2.37. The van der Waals surface area contributed by atoms with Crippen LogP contribution in [-0.4, -0.2) is 17.2 Å². The van der Waals surface area contributed by atoms with Gasteiger partial charge in [0.25, 0.3) is 0 Å². The van der Waals surface area contributed by atoms with Gasteiger partial charge in [-0.3, -0.25) is 0 Å². The Hall–Kier alpha value is -1.99. The first kappa shape index (κ1) is 15.4. The molecule has 0 unspecified atom stereocenters. The molecule has 0 fully saturated rings. The summed E-state index contributed by atoms with van der Waals surface area (Å²) in [4.78, 5) is 0. The van der Waals surface area contributed by atoms with Gasteiger partial charge in [-0.1, -0.05) is 24.3 Å². The van der Waals surface area contributed by atoms with Gasteiger partial charge in [-0.2, -0.15) is 30.7 Å². The van der Waals surface area contributed by atoms with Crippen molar-refractivity contribution in [1.82, 2.24) is 0 Å². The van der Waals surface area contributed by atoms with Crippen LogP contribution in [0.2, 0.25) is 0 Å². The maximum atomic E-state index is 13.6. The van der Waals surface area contributed by atoms with Crippen LogP contribution in [-0.2, 0) is 5.92 Å². The quantitative estimate of drug-likeness (QED) is 0.787. The zero-order chi connectivity index (χ0) is 16.1. The fraction of sp³-hybridized carbons (Fsp3) is 0.231. The van der Waals surface area contributed by atoms with Crippen LogP contribution in [0.4, 0.5) is 30.7 Å². The summed E-state index contributed by atoms with van der Waals surface area (Å²) in [7, 11) is 0. The Morgan fingerprint density at radius 2 is 1.38 bits per heavy atom. The highest BCUT2D eigenvalue weighted by atomic mass is 19.4. The van der Waals surface area contributed by atoms with Gasteiger partial charge >= 0.3 is 18.0 Å². The SMILES string of the molecule is Oc1cc(C(F)(F)C(F)(F)C(F)(F)F)cc2ccccc12. The maximum absolute atomic E-state index is 13.6. The van der Waals surface area contributed by atoms with E-state index in [2.05, 4.69) is 0 Å². The van der Waals surface area contributed by atoms with Crippen LogP contribution in [0, 0.1) is 0 Å². The van der Waals surface area contributed by atoms with Gasteiger partial charge < -0.3 is 5.11 Å². The Morgan fingerprint density at radius 1 is 0.810 bits per heavy atom. The van der Waals surface area contributed by atoms with Crippen LogP contribution < -0.4 is 0 Å². The molecule has 1 N–H and O–H groups in total. The van der Waals surface area contributed by atoms with Crippen LogP contribution in [0.1, 0.15) is 5.56 Å². The van der Waals surface area contributed by atoms with E-state index in [0.717, 1.165) is 0 Å². The third-order valence-electron chi connectivity index (χ3n) is 2.95. The second-order valence-electron chi connectivity index (χ2n) is 4.36. The number of alkyl halides is 7. The molecule has 8 heteroatoms. The summed E-state index contributed by atoms with van der Waals surface area (Å²) in [5, 5.41) is 9.51. The van der Waals surface area contributed by atoms with Gasteiger partial charge in [-0.15, -0.1) is 0 Å². The van der Waals surface area contributed by atoms with Gasteiger partial charge in [-0.25, -0.2) is 0 Å². The number of fused-ring (bicyclic) bond motifs is 1. The summed E-state index contributed by atoms with van der Waals surface area (Å²) in [6, 6.07) is 6.04. The lowest BCUT2D eigenvalue weighted by Crippen LogP contribution is -2.50. The Morgan fingerprint density at radius 3 is 1.95 bits per heavy atom. The lowest BCUT2D eigenvalue weighted by Gasteiger charge is -2.28. The van der Waals surface area contributed by atoms with Crippen molar-refractivity contribution in [2.75, 3.05) is 0 Å². The molecule has 2 aromatic carbocycles. The normalized spacial score (nSPS) is 13.7. The van der Waals surface area contributed by atoms with Crippen molar-refractivity contribution in [3.8, 4) is 5.75 Å².